The average molecular weight is 715 g/mol. The van der Waals surface area contributed by atoms with Crippen LogP contribution in [0.25, 0.3) is 6.20 Å². The van der Waals surface area contributed by atoms with Crippen molar-refractivity contribution in [3.8, 4) is 17.6 Å². The highest BCUT2D eigenvalue weighted by Crippen LogP contribution is 2.47. The van der Waals surface area contributed by atoms with Crippen LogP contribution < -0.4 is 20.7 Å². The van der Waals surface area contributed by atoms with E-state index in [-0.39, 0.29) is 38.3 Å². The second-order valence-corrected chi connectivity index (χ2v) is 13.8. The number of aryl methyl sites for hydroxylation is 1. The number of aromatic amines is 1. The van der Waals surface area contributed by atoms with E-state index < -0.39 is 25.4 Å². The first-order valence-corrected chi connectivity index (χ1v) is 17.9. The zero-order chi connectivity index (χ0) is 37.0. The molecule has 51 heavy (non-hydrogen) atoms. The zero-order valence-corrected chi connectivity index (χ0v) is 31.2. The summed E-state index contributed by atoms with van der Waals surface area (Å²) < 4.78 is 34.3. The number of hydrogen-bond donors (Lipinski definition) is 1. The van der Waals surface area contributed by atoms with Crippen LogP contribution in [0, 0.1) is 18.3 Å². The molecule has 1 heterocycles. The topological polar surface area (TPSA) is 128 Å². The quantitative estimate of drug-likeness (QED) is 0.0658. The first-order chi connectivity index (χ1) is 24.5. The van der Waals surface area contributed by atoms with Gasteiger partial charge in [0.15, 0.2) is 0 Å². The van der Waals surface area contributed by atoms with Gasteiger partial charge in [0.25, 0.3) is 14.1 Å². The van der Waals surface area contributed by atoms with Crippen molar-refractivity contribution in [1.82, 2.24) is 14.2 Å². The van der Waals surface area contributed by atoms with E-state index in [1.54, 1.807) is 27.3 Å². The van der Waals surface area contributed by atoms with Gasteiger partial charge in [-0.3, -0.25) is 14.3 Å². The van der Waals surface area contributed by atoms with Crippen LogP contribution in [0.3, 0.4) is 0 Å². The fraction of sp³-hybridized carbons (Fsp3) is 0.359. The summed E-state index contributed by atoms with van der Waals surface area (Å²) in [6.45, 7) is 10.1. The smallest absolute Gasteiger partial charge is 0.332 e. The monoisotopic (exact) mass is 714 g/mol. The molecule has 270 valence electrons. The number of ether oxygens (including phenoxy) is 3. The van der Waals surface area contributed by atoms with Gasteiger partial charge in [0.05, 0.1) is 46.5 Å². The van der Waals surface area contributed by atoms with Crippen LogP contribution >= 0.6 is 8.53 Å². The summed E-state index contributed by atoms with van der Waals surface area (Å²) in [5, 5.41) is 9.20. The lowest BCUT2D eigenvalue weighted by atomic mass is 9.80. The molecule has 0 bridgehead atoms. The Hall–Kier alpha value is -4.56. The second-order valence-electron chi connectivity index (χ2n) is 12.4. The van der Waals surface area contributed by atoms with E-state index in [1.165, 1.54) is 10.8 Å². The first kappa shape index (κ1) is 39.2. The lowest BCUT2D eigenvalue weighted by Crippen LogP contribution is -2.35. The summed E-state index contributed by atoms with van der Waals surface area (Å²) in [6, 6.07) is 27.6. The number of aromatic nitrogens is 2. The molecule has 1 unspecified atom stereocenters. The van der Waals surface area contributed by atoms with E-state index in [0.29, 0.717) is 22.6 Å². The molecule has 0 aliphatic carbocycles. The van der Waals surface area contributed by atoms with E-state index in [0.717, 1.165) is 16.7 Å². The Morgan fingerprint density at radius 2 is 1.41 bits per heavy atom. The van der Waals surface area contributed by atoms with Crippen LogP contribution in [0.15, 0.2) is 100 Å². The highest BCUT2D eigenvalue weighted by molar-refractivity contribution is 7.44. The number of nitriles is 1. The Morgan fingerprint density at radius 1 is 0.863 bits per heavy atom. The summed E-state index contributed by atoms with van der Waals surface area (Å²) in [5.74, 6) is 1.39. The van der Waals surface area contributed by atoms with E-state index in [4.69, 9.17) is 23.3 Å². The minimum atomic E-state index is -1.61. The minimum absolute atomic E-state index is 0.00227. The maximum absolute atomic E-state index is 13.0. The van der Waals surface area contributed by atoms with Crippen molar-refractivity contribution in [2.24, 2.45) is 0 Å². The fourth-order valence-corrected chi connectivity index (χ4v) is 7.34. The molecule has 0 saturated heterocycles. The number of rotatable bonds is 18. The summed E-state index contributed by atoms with van der Waals surface area (Å²) >= 11 is 0. The number of methoxy groups -OCH3 is 2. The highest BCUT2D eigenvalue weighted by Gasteiger charge is 2.38. The van der Waals surface area contributed by atoms with Crippen molar-refractivity contribution in [3.63, 3.8) is 0 Å². The largest absolute Gasteiger partial charge is 0.497 e. The molecule has 0 aliphatic heterocycles. The minimum Gasteiger partial charge on any atom is -0.497 e. The second kappa shape index (κ2) is 18.6. The van der Waals surface area contributed by atoms with E-state index in [9.17, 15) is 14.9 Å². The van der Waals surface area contributed by atoms with Gasteiger partial charge in [0, 0.05) is 30.0 Å². The van der Waals surface area contributed by atoms with Crippen molar-refractivity contribution >= 4 is 14.7 Å². The van der Waals surface area contributed by atoms with Crippen LogP contribution in [-0.4, -0.2) is 60.3 Å². The van der Waals surface area contributed by atoms with Crippen LogP contribution in [0.5, 0.6) is 11.5 Å². The maximum atomic E-state index is 13.0. The third kappa shape index (κ3) is 9.82. The summed E-state index contributed by atoms with van der Waals surface area (Å²) in [5.41, 5.74) is 1.31. The third-order valence-electron chi connectivity index (χ3n) is 8.14. The molecule has 0 fully saturated rings. The van der Waals surface area contributed by atoms with Crippen LogP contribution in [0.2, 0.25) is 0 Å². The maximum Gasteiger partial charge on any atom is 0.332 e. The van der Waals surface area contributed by atoms with E-state index >= 15 is 0 Å². The number of hydrogen-bond acceptors (Lipinski definition) is 9. The predicted molar refractivity (Wildman–Crippen MR) is 200 cm³/mol. The molecule has 1 N–H and O–H groups in total. The van der Waals surface area contributed by atoms with Gasteiger partial charge in [0.2, 0.25) is 0 Å². The van der Waals surface area contributed by atoms with Crippen molar-refractivity contribution in [3.05, 3.63) is 134 Å². The summed E-state index contributed by atoms with van der Waals surface area (Å²) in [7, 11) is 1.63. The number of benzene rings is 3. The Labute approximate surface area is 301 Å². The van der Waals surface area contributed by atoms with Gasteiger partial charge < -0.3 is 23.3 Å². The van der Waals surface area contributed by atoms with Crippen molar-refractivity contribution in [2.45, 2.75) is 58.7 Å². The van der Waals surface area contributed by atoms with Gasteiger partial charge in [-0.25, -0.2) is 9.46 Å². The molecule has 4 aromatic rings. The Kier molecular flexibility index (Phi) is 14.3. The molecule has 3 aromatic carbocycles. The number of nitrogens with zero attached hydrogens (tertiary/aromatic N) is 3. The summed E-state index contributed by atoms with van der Waals surface area (Å²) in [6.07, 6.45) is 3.33. The molecule has 12 heteroatoms. The molecule has 0 saturated carbocycles. The van der Waals surface area contributed by atoms with Gasteiger partial charge in [0.1, 0.15) is 17.1 Å². The lowest BCUT2D eigenvalue weighted by Gasteiger charge is -2.37. The third-order valence-corrected chi connectivity index (χ3v) is 10.2. The average Bonchev–Trinajstić information content (AvgIpc) is 3.13. The Morgan fingerprint density at radius 3 is 1.92 bits per heavy atom. The van der Waals surface area contributed by atoms with Gasteiger partial charge in [-0.1, -0.05) is 54.6 Å². The zero-order valence-electron chi connectivity index (χ0n) is 30.3. The predicted octanol–water partition coefficient (Wildman–Crippen LogP) is 7.00. The molecule has 0 spiro atoms. The molecule has 1 aromatic heterocycles. The van der Waals surface area contributed by atoms with Gasteiger partial charge >= 0.3 is 5.69 Å². The molecule has 4 rings (SSSR count). The SMILES string of the molecule is COc1ccc(C(OC/C(=C\n2cc(C)c(=O)[nH]c2=O)COP(OCCC#N)N(C(C)C)C(C)C)(c2ccccc2)c2ccc(OC)cc2)cc1. The van der Waals surface area contributed by atoms with Crippen LogP contribution in [-0.2, 0) is 19.4 Å². The Balaban J connectivity index is 1.86. The first-order valence-electron chi connectivity index (χ1n) is 16.7. The molecule has 1 atom stereocenters. The standard InChI is InChI=1S/C39H47N4O7P/c1-28(2)43(29(3)4)51(49-23-11-22-40)50-27-31(25-42-24-30(5)37(44)41-38(42)45)26-48-39(32-12-9-8-10-13-32,33-14-18-35(46-6)19-15-33)34-16-20-36(47-7)21-17-34/h8-10,12-21,24-25,28-29H,11,23,26-27H2,1-7H3,(H,41,44,45)/b31-25+. The van der Waals surface area contributed by atoms with E-state index in [2.05, 4.69) is 43.4 Å². The Bertz CT molecular complexity index is 1830. The van der Waals surface area contributed by atoms with Crippen molar-refractivity contribution < 1.29 is 23.3 Å². The van der Waals surface area contributed by atoms with Crippen LogP contribution in [0.1, 0.15) is 56.4 Å². The molecule has 11 nitrogen and oxygen atoms in total. The number of H-pyrrole nitrogens is 1. The van der Waals surface area contributed by atoms with Crippen molar-refractivity contribution in [1.29, 1.82) is 5.26 Å². The molecule has 0 radical (unpaired) electrons. The van der Waals surface area contributed by atoms with E-state index in [1.807, 2.05) is 78.9 Å². The lowest BCUT2D eigenvalue weighted by molar-refractivity contribution is 0.0247. The summed E-state index contributed by atoms with van der Waals surface area (Å²) in [4.78, 5) is 27.6. The van der Waals surface area contributed by atoms with Gasteiger partial charge in [-0.2, -0.15) is 5.26 Å². The van der Waals surface area contributed by atoms with Gasteiger partial charge in [-0.15, -0.1) is 0 Å². The van der Waals surface area contributed by atoms with Crippen LogP contribution in [0.4, 0.5) is 0 Å². The molecular formula is C39H47N4O7P. The number of nitrogens with one attached hydrogen (secondary N) is 1. The van der Waals surface area contributed by atoms with Crippen molar-refractivity contribution in [2.75, 3.05) is 34.0 Å². The normalized spacial score (nSPS) is 12.7. The highest BCUT2D eigenvalue weighted by atomic mass is 31.2. The fourth-order valence-electron chi connectivity index (χ4n) is 5.72. The molecule has 0 amide bonds. The van der Waals surface area contributed by atoms with Gasteiger partial charge in [-0.05, 0) is 81.1 Å². The molecular weight excluding hydrogens is 667 g/mol. The molecule has 0 aliphatic rings.